The third kappa shape index (κ3) is 4.40. The Labute approximate surface area is 175 Å². The van der Waals surface area contributed by atoms with Crippen LogP contribution < -0.4 is 21.5 Å². The Balaban J connectivity index is 1.52. The van der Waals surface area contributed by atoms with E-state index >= 15 is 0 Å². The summed E-state index contributed by atoms with van der Waals surface area (Å²) in [5.41, 5.74) is 8.86. The highest BCUT2D eigenvalue weighted by Gasteiger charge is 2.41. The number of hydrogen-bond acceptors (Lipinski definition) is 5. The minimum absolute atomic E-state index is 0.243. The van der Waals surface area contributed by atoms with Gasteiger partial charge in [-0.2, -0.15) is 0 Å². The lowest BCUT2D eigenvalue weighted by molar-refractivity contribution is -0.126. The maximum atomic E-state index is 12.8. The van der Waals surface area contributed by atoms with Gasteiger partial charge >= 0.3 is 0 Å². The largest absolute Gasteiger partial charge is 0.327 e. The lowest BCUT2D eigenvalue weighted by Gasteiger charge is -2.15. The zero-order valence-electron chi connectivity index (χ0n) is 16.4. The van der Waals surface area contributed by atoms with E-state index in [-0.39, 0.29) is 23.9 Å². The van der Waals surface area contributed by atoms with Gasteiger partial charge in [0.05, 0.1) is 17.1 Å². The fourth-order valence-corrected chi connectivity index (χ4v) is 3.48. The lowest BCUT2D eigenvalue weighted by atomic mass is 10.0. The number of terminal acetylenes is 1. The lowest BCUT2D eigenvalue weighted by Crippen LogP contribution is -2.42. The van der Waals surface area contributed by atoms with Crippen molar-refractivity contribution in [2.45, 2.75) is 37.5 Å². The fraction of sp³-hybridized carbons (Fsp3) is 0.261. The van der Waals surface area contributed by atoms with Crippen molar-refractivity contribution in [1.82, 2.24) is 16.2 Å². The topological polar surface area (TPSA) is 114 Å². The van der Waals surface area contributed by atoms with E-state index in [1.54, 1.807) is 0 Å². The van der Waals surface area contributed by atoms with Crippen molar-refractivity contribution >= 4 is 23.2 Å². The summed E-state index contributed by atoms with van der Waals surface area (Å²) in [4.78, 5) is 30.0. The molecule has 0 saturated carbocycles. The van der Waals surface area contributed by atoms with E-state index in [9.17, 15) is 9.59 Å². The van der Waals surface area contributed by atoms with E-state index in [0.29, 0.717) is 24.2 Å². The van der Waals surface area contributed by atoms with Crippen LogP contribution in [0.3, 0.4) is 0 Å². The van der Waals surface area contributed by atoms with Crippen molar-refractivity contribution in [1.29, 1.82) is 0 Å². The maximum absolute atomic E-state index is 12.8. The van der Waals surface area contributed by atoms with E-state index < -0.39 is 6.17 Å². The number of hydrogen-bond donors (Lipinski definition) is 4. The number of hydrazine groups is 1. The third-order valence-corrected chi connectivity index (χ3v) is 5.25. The standard InChI is InChI=1S/C23H23N5O2/c1-2-3-14-23(27-28-23)15-13-19(29)25-21-22(30)24-18-12-8-7-11-17(18)20(26-21)16-9-5-4-6-10-16/h1,4-12,21,27-28H,3,13-15H2,(H,24,30)(H,25,29). The first-order valence-electron chi connectivity index (χ1n) is 9.91. The number of benzodiazepines with no additional fused rings is 1. The molecule has 2 aliphatic rings. The summed E-state index contributed by atoms with van der Waals surface area (Å²) in [6, 6.07) is 17.1. The Kier molecular flexibility index (Phi) is 5.61. The van der Waals surface area contributed by atoms with Crippen molar-refractivity contribution in [3.8, 4) is 12.3 Å². The summed E-state index contributed by atoms with van der Waals surface area (Å²) in [6.07, 6.45) is 6.50. The Morgan fingerprint density at radius 3 is 2.57 bits per heavy atom. The first-order valence-corrected chi connectivity index (χ1v) is 9.91. The van der Waals surface area contributed by atoms with Crippen molar-refractivity contribution in [3.05, 3.63) is 65.7 Å². The number of amides is 2. The number of benzene rings is 2. The Morgan fingerprint density at radius 2 is 1.83 bits per heavy atom. The first-order chi connectivity index (χ1) is 14.6. The van der Waals surface area contributed by atoms with Crippen molar-refractivity contribution in [2.24, 2.45) is 4.99 Å². The van der Waals surface area contributed by atoms with E-state index in [2.05, 4.69) is 32.4 Å². The first kappa shape index (κ1) is 19.8. The summed E-state index contributed by atoms with van der Waals surface area (Å²) in [5.74, 6) is 2.00. The second kappa shape index (κ2) is 8.49. The molecule has 1 atom stereocenters. The predicted octanol–water partition coefficient (Wildman–Crippen LogP) is 1.92. The van der Waals surface area contributed by atoms with Crippen molar-refractivity contribution in [2.75, 3.05) is 5.32 Å². The molecule has 1 unspecified atom stereocenters. The number of nitrogens with one attached hydrogen (secondary N) is 4. The van der Waals surface area contributed by atoms with Crippen LogP contribution in [0.4, 0.5) is 5.69 Å². The molecule has 2 aliphatic heterocycles. The molecular formula is C23H23N5O2. The van der Waals surface area contributed by atoms with Gasteiger partial charge in [0, 0.05) is 24.0 Å². The van der Waals surface area contributed by atoms with Gasteiger partial charge in [-0.3, -0.25) is 9.59 Å². The summed E-state index contributed by atoms with van der Waals surface area (Å²) in [5, 5.41) is 5.64. The van der Waals surface area contributed by atoms with Gasteiger partial charge in [0.2, 0.25) is 12.1 Å². The molecule has 0 radical (unpaired) electrons. The molecule has 0 aliphatic carbocycles. The van der Waals surface area contributed by atoms with E-state index in [0.717, 1.165) is 17.5 Å². The molecule has 4 N–H and O–H groups in total. The minimum Gasteiger partial charge on any atom is -0.327 e. The summed E-state index contributed by atoms with van der Waals surface area (Å²) in [7, 11) is 0. The highest BCUT2D eigenvalue weighted by molar-refractivity contribution is 6.19. The SMILES string of the molecule is C#CCCC1(CCC(=O)NC2N=C(c3ccccc3)c3ccccc3NC2=O)NN1. The number of aliphatic imine (C=N–C) groups is 1. The molecular weight excluding hydrogens is 378 g/mol. The predicted molar refractivity (Wildman–Crippen MR) is 115 cm³/mol. The summed E-state index contributed by atoms with van der Waals surface area (Å²) in [6.45, 7) is 0. The Bertz CT molecular complexity index is 1020. The Hall–Kier alpha value is -3.47. The van der Waals surface area contributed by atoms with Crippen molar-refractivity contribution < 1.29 is 9.59 Å². The van der Waals surface area contributed by atoms with Gasteiger partial charge in [-0.25, -0.2) is 15.8 Å². The average Bonchev–Trinajstić information content (AvgIpc) is 3.56. The molecule has 7 heteroatoms. The number of fused-ring (bicyclic) bond motifs is 1. The van der Waals surface area contributed by atoms with Gasteiger partial charge in [-0.15, -0.1) is 12.3 Å². The molecule has 2 heterocycles. The summed E-state index contributed by atoms with van der Waals surface area (Å²) >= 11 is 0. The van der Waals surface area contributed by atoms with E-state index in [1.165, 1.54) is 0 Å². The van der Waals surface area contributed by atoms with Crippen molar-refractivity contribution in [3.63, 3.8) is 0 Å². The molecule has 2 amide bonds. The number of anilines is 1. The van der Waals surface area contributed by atoms with Gasteiger partial charge in [0.1, 0.15) is 0 Å². The number of carbonyl (C=O) groups excluding carboxylic acids is 2. The van der Waals surface area contributed by atoms with Gasteiger partial charge < -0.3 is 10.6 Å². The molecule has 7 nitrogen and oxygen atoms in total. The van der Waals surface area contributed by atoms with Crippen LogP contribution in [0.25, 0.3) is 0 Å². The third-order valence-electron chi connectivity index (χ3n) is 5.25. The van der Waals surface area contributed by atoms with Gasteiger partial charge in [0.15, 0.2) is 0 Å². The molecule has 0 bridgehead atoms. The van der Waals surface area contributed by atoms with Crippen LogP contribution in [0.5, 0.6) is 0 Å². The van der Waals surface area contributed by atoms with Gasteiger partial charge in [0.25, 0.3) is 5.91 Å². The summed E-state index contributed by atoms with van der Waals surface area (Å²) < 4.78 is 0. The van der Waals surface area contributed by atoms with E-state index in [1.807, 2.05) is 54.6 Å². The maximum Gasteiger partial charge on any atom is 0.269 e. The van der Waals surface area contributed by atoms with Crippen LogP contribution in [-0.2, 0) is 9.59 Å². The molecule has 2 aromatic rings. The minimum atomic E-state index is -1.01. The van der Waals surface area contributed by atoms with Crippen LogP contribution >= 0.6 is 0 Å². The number of rotatable bonds is 7. The van der Waals surface area contributed by atoms with Gasteiger partial charge in [-0.05, 0) is 18.9 Å². The Morgan fingerprint density at radius 1 is 1.10 bits per heavy atom. The van der Waals surface area contributed by atoms with Crippen LogP contribution in [-0.4, -0.2) is 29.4 Å². The van der Waals surface area contributed by atoms with E-state index in [4.69, 9.17) is 6.42 Å². The zero-order valence-corrected chi connectivity index (χ0v) is 16.4. The molecule has 2 aromatic carbocycles. The highest BCUT2D eigenvalue weighted by atomic mass is 16.2. The second-order valence-electron chi connectivity index (χ2n) is 7.38. The average molecular weight is 401 g/mol. The normalized spacial score (nSPS) is 18.8. The second-order valence-corrected chi connectivity index (χ2v) is 7.38. The fourth-order valence-electron chi connectivity index (χ4n) is 3.48. The van der Waals surface area contributed by atoms with Gasteiger partial charge in [-0.1, -0.05) is 48.5 Å². The highest BCUT2D eigenvalue weighted by Crippen LogP contribution is 2.25. The smallest absolute Gasteiger partial charge is 0.269 e. The van der Waals surface area contributed by atoms with Crippen LogP contribution in [0.15, 0.2) is 59.6 Å². The number of nitrogens with zero attached hydrogens (tertiary/aromatic N) is 1. The molecule has 1 saturated heterocycles. The number of para-hydroxylation sites is 1. The van der Waals surface area contributed by atoms with Crippen LogP contribution in [0.1, 0.15) is 36.8 Å². The molecule has 152 valence electrons. The molecule has 1 fully saturated rings. The quantitative estimate of drug-likeness (QED) is 0.419. The molecule has 0 aromatic heterocycles. The zero-order chi connectivity index (χ0) is 21.0. The van der Waals surface area contributed by atoms with Crippen LogP contribution in [0.2, 0.25) is 0 Å². The monoisotopic (exact) mass is 401 g/mol. The van der Waals surface area contributed by atoms with Crippen LogP contribution in [0, 0.1) is 12.3 Å². The number of carbonyl (C=O) groups is 2. The molecule has 30 heavy (non-hydrogen) atoms. The molecule has 0 spiro atoms. The molecule has 4 rings (SSSR count).